The standard InChI is InChI=1S/C14H18N4O2S2/c1-18-13(11-5-3-7-21-11)16-17-14(18)22-9-12(19)15-8-10-4-2-6-20-10/h3,5,7,10H,2,4,6,8-9H2,1H3,(H,15,19). The molecule has 0 saturated carbocycles. The fourth-order valence-corrected chi connectivity index (χ4v) is 3.76. The van der Waals surface area contributed by atoms with E-state index in [4.69, 9.17) is 4.74 Å². The summed E-state index contributed by atoms with van der Waals surface area (Å²) in [5.41, 5.74) is 0. The monoisotopic (exact) mass is 338 g/mol. The smallest absolute Gasteiger partial charge is 0.230 e. The lowest BCUT2D eigenvalue weighted by atomic mass is 10.2. The van der Waals surface area contributed by atoms with Gasteiger partial charge in [0.25, 0.3) is 0 Å². The second-order valence-electron chi connectivity index (χ2n) is 5.07. The highest BCUT2D eigenvalue weighted by Gasteiger charge is 2.17. The van der Waals surface area contributed by atoms with Crippen LogP contribution in [0.15, 0.2) is 22.7 Å². The fraction of sp³-hybridized carbons (Fsp3) is 0.500. The van der Waals surface area contributed by atoms with Crippen molar-refractivity contribution in [3.05, 3.63) is 17.5 Å². The normalized spacial score (nSPS) is 17.8. The number of hydrogen-bond acceptors (Lipinski definition) is 6. The number of amides is 1. The lowest BCUT2D eigenvalue weighted by molar-refractivity contribution is -0.119. The molecule has 6 nitrogen and oxygen atoms in total. The van der Waals surface area contributed by atoms with Gasteiger partial charge in [-0.15, -0.1) is 21.5 Å². The van der Waals surface area contributed by atoms with E-state index in [0.29, 0.717) is 12.3 Å². The molecule has 0 spiro atoms. The molecular formula is C14H18N4O2S2. The zero-order chi connectivity index (χ0) is 15.4. The summed E-state index contributed by atoms with van der Waals surface area (Å²) in [5, 5.41) is 14.0. The van der Waals surface area contributed by atoms with E-state index < -0.39 is 0 Å². The number of thioether (sulfide) groups is 1. The van der Waals surface area contributed by atoms with Crippen LogP contribution in [0.2, 0.25) is 0 Å². The van der Waals surface area contributed by atoms with Crippen LogP contribution in [0.25, 0.3) is 10.7 Å². The number of aromatic nitrogens is 3. The lowest BCUT2D eigenvalue weighted by Gasteiger charge is -2.10. The first-order chi connectivity index (χ1) is 10.7. The zero-order valence-electron chi connectivity index (χ0n) is 12.3. The molecule has 1 unspecified atom stereocenters. The minimum absolute atomic E-state index is 0.00109. The molecule has 1 fully saturated rings. The zero-order valence-corrected chi connectivity index (χ0v) is 14.0. The number of hydrogen-bond donors (Lipinski definition) is 1. The summed E-state index contributed by atoms with van der Waals surface area (Å²) in [6, 6.07) is 4.00. The van der Waals surface area contributed by atoms with E-state index in [1.54, 1.807) is 11.3 Å². The molecule has 0 aromatic carbocycles. The largest absolute Gasteiger partial charge is 0.376 e. The molecule has 1 amide bonds. The van der Waals surface area contributed by atoms with Gasteiger partial charge in [-0.3, -0.25) is 4.79 Å². The van der Waals surface area contributed by atoms with Gasteiger partial charge in [0, 0.05) is 20.2 Å². The van der Waals surface area contributed by atoms with Crippen molar-refractivity contribution in [2.45, 2.75) is 24.1 Å². The average molecular weight is 338 g/mol. The van der Waals surface area contributed by atoms with E-state index >= 15 is 0 Å². The van der Waals surface area contributed by atoms with Crippen molar-refractivity contribution in [2.24, 2.45) is 7.05 Å². The highest BCUT2D eigenvalue weighted by Crippen LogP contribution is 2.25. The molecule has 1 aliphatic rings. The quantitative estimate of drug-likeness (QED) is 0.815. The number of carbonyl (C=O) groups is 1. The first-order valence-electron chi connectivity index (χ1n) is 7.18. The molecule has 3 heterocycles. The van der Waals surface area contributed by atoms with Crippen LogP contribution in [0.5, 0.6) is 0 Å². The Kier molecular flexibility index (Phi) is 5.12. The van der Waals surface area contributed by atoms with Crippen LogP contribution in [0.4, 0.5) is 0 Å². The third-order valence-corrected chi connectivity index (χ3v) is 5.35. The van der Waals surface area contributed by atoms with E-state index in [-0.39, 0.29) is 12.0 Å². The number of carbonyl (C=O) groups excluding carboxylic acids is 1. The summed E-state index contributed by atoms with van der Waals surface area (Å²) in [6.07, 6.45) is 2.29. The summed E-state index contributed by atoms with van der Waals surface area (Å²) in [4.78, 5) is 13.0. The van der Waals surface area contributed by atoms with Crippen molar-refractivity contribution in [3.8, 4) is 10.7 Å². The maximum atomic E-state index is 11.9. The molecule has 0 radical (unpaired) electrons. The molecule has 8 heteroatoms. The Hall–Kier alpha value is -1.38. The summed E-state index contributed by atoms with van der Waals surface area (Å²) in [7, 11) is 1.92. The Morgan fingerprint density at radius 2 is 2.50 bits per heavy atom. The molecule has 0 bridgehead atoms. The van der Waals surface area contributed by atoms with Gasteiger partial charge < -0.3 is 14.6 Å². The molecule has 1 aliphatic heterocycles. The maximum Gasteiger partial charge on any atom is 0.230 e. The topological polar surface area (TPSA) is 69.0 Å². The van der Waals surface area contributed by atoms with Gasteiger partial charge in [0.05, 0.1) is 16.7 Å². The van der Waals surface area contributed by atoms with E-state index in [0.717, 1.165) is 35.3 Å². The molecule has 2 aromatic heterocycles. The summed E-state index contributed by atoms with van der Waals surface area (Å²) >= 11 is 3.02. The van der Waals surface area contributed by atoms with Gasteiger partial charge in [-0.2, -0.15) is 0 Å². The molecule has 1 atom stereocenters. The first-order valence-corrected chi connectivity index (χ1v) is 9.05. The second kappa shape index (κ2) is 7.26. The van der Waals surface area contributed by atoms with Crippen molar-refractivity contribution >= 4 is 29.0 Å². The van der Waals surface area contributed by atoms with Crippen molar-refractivity contribution in [2.75, 3.05) is 18.9 Å². The number of nitrogens with zero attached hydrogens (tertiary/aromatic N) is 3. The molecule has 2 aromatic rings. The summed E-state index contributed by atoms with van der Waals surface area (Å²) in [6.45, 7) is 1.40. The fourth-order valence-electron chi connectivity index (χ4n) is 2.28. The molecule has 22 heavy (non-hydrogen) atoms. The summed E-state index contributed by atoms with van der Waals surface area (Å²) < 4.78 is 7.40. The van der Waals surface area contributed by atoms with Gasteiger partial charge in [-0.1, -0.05) is 17.8 Å². The van der Waals surface area contributed by atoms with Gasteiger partial charge in [0.15, 0.2) is 11.0 Å². The first kappa shape index (κ1) is 15.5. The van der Waals surface area contributed by atoms with Crippen molar-refractivity contribution in [3.63, 3.8) is 0 Å². The lowest BCUT2D eigenvalue weighted by Crippen LogP contribution is -2.32. The maximum absolute atomic E-state index is 11.9. The molecule has 118 valence electrons. The molecule has 1 saturated heterocycles. The van der Waals surface area contributed by atoms with Crippen LogP contribution in [0.1, 0.15) is 12.8 Å². The van der Waals surface area contributed by atoms with Gasteiger partial charge in [-0.25, -0.2) is 0 Å². The Balaban J connectivity index is 1.50. The highest BCUT2D eigenvalue weighted by molar-refractivity contribution is 7.99. The van der Waals surface area contributed by atoms with Gasteiger partial charge >= 0.3 is 0 Å². The highest BCUT2D eigenvalue weighted by atomic mass is 32.2. The van der Waals surface area contributed by atoms with E-state index in [1.807, 2.05) is 29.1 Å². The van der Waals surface area contributed by atoms with E-state index in [9.17, 15) is 4.79 Å². The van der Waals surface area contributed by atoms with E-state index in [2.05, 4.69) is 15.5 Å². The predicted molar refractivity (Wildman–Crippen MR) is 87.0 cm³/mol. The SMILES string of the molecule is Cn1c(SCC(=O)NCC2CCCO2)nnc1-c1cccs1. The van der Waals surface area contributed by atoms with Crippen LogP contribution >= 0.6 is 23.1 Å². The minimum Gasteiger partial charge on any atom is -0.376 e. The van der Waals surface area contributed by atoms with Crippen LogP contribution in [0, 0.1) is 0 Å². The predicted octanol–water partition coefficient (Wildman–Crippen LogP) is 1.93. The van der Waals surface area contributed by atoms with E-state index in [1.165, 1.54) is 11.8 Å². The Morgan fingerprint density at radius 1 is 1.59 bits per heavy atom. The molecular weight excluding hydrogens is 320 g/mol. The summed E-state index contributed by atoms with van der Waals surface area (Å²) in [5.74, 6) is 1.17. The van der Waals surface area contributed by atoms with Crippen LogP contribution in [-0.2, 0) is 16.6 Å². The van der Waals surface area contributed by atoms with Crippen molar-refractivity contribution in [1.29, 1.82) is 0 Å². The van der Waals surface area contributed by atoms with Gasteiger partial charge in [0.2, 0.25) is 5.91 Å². The van der Waals surface area contributed by atoms with Crippen molar-refractivity contribution in [1.82, 2.24) is 20.1 Å². The number of thiophene rings is 1. The van der Waals surface area contributed by atoms with Gasteiger partial charge in [0.1, 0.15) is 0 Å². The van der Waals surface area contributed by atoms with Crippen LogP contribution in [-0.4, -0.2) is 45.7 Å². The third-order valence-electron chi connectivity index (χ3n) is 3.46. The van der Waals surface area contributed by atoms with Crippen LogP contribution in [0.3, 0.4) is 0 Å². The molecule has 0 aliphatic carbocycles. The molecule has 3 rings (SSSR count). The van der Waals surface area contributed by atoms with Crippen molar-refractivity contribution < 1.29 is 9.53 Å². The number of rotatable bonds is 6. The third kappa shape index (κ3) is 3.68. The second-order valence-corrected chi connectivity index (χ2v) is 6.96. The average Bonchev–Trinajstić information content (AvgIpc) is 3.25. The Morgan fingerprint density at radius 3 is 3.23 bits per heavy atom. The van der Waals surface area contributed by atoms with Crippen LogP contribution < -0.4 is 5.32 Å². The molecule has 1 N–H and O–H groups in total. The Bertz CT molecular complexity index is 621. The number of ether oxygens (including phenoxy) is 1. The minimum atomic E-state index is 0.00109. The Labute approximate surface area is 137 Å². The number of nitrogens with one attached hydrogen (secondary N) is 1. The van der Waals surface area contributed by atoms with Gasteiger partial charge in [-0.05, 0) is 24.3 Å².